The first-order valence-electron chi connectivity index (χ1n) is 9.88. The van der Waals surface area contributed by atoms with E-state index in [9.17, 15) is 4.39 Å². The molecule has 2 aromatic rings. The lowest BCUT2D eigenvalue weighted by Gasteiger charge is -2.23. The van der Waals surface area contributed by atoms with Crippen molar-refractivity contribution in [3.8, 4) is 17.2 Å². The van der Waals surface area contributed by atoms with Crippen LogP contribution < -0.4 is 5.32 Å². The maximum Gasteiger partial charge on any atom is 0.141 e. The number of hydrogen-bond acceptors (Lipinski definition) is 5. The summed E-state index contributed by atoms with van der Waals surface area (Å²) in [7, 11) is 0. The van der Waals surface area contributed by atoms with Crippen molar-refractivity contribution in [2.24, 2.45) is 0 Å². The summed E-state index contributed by atoms with van der Waals surface area (Å²) in [5.74, 6) is -0.513. The van der Waals surface area contributed by atoms with E-state index in [0.717, 1.165) is 58.1 Å². The first-order chi connectivity index (χ1) is 14.5. The zero-order valence-corrected chi connectivity index (χ0v) is 17.5. The topological polar surface area (TPSA) is 68.9 Å². The molecule has 0 unspecified atom stereocenters. The normalized spacial score (nSPS) is 18.4. The Labute approximate surface area is 179 Å². The van der Waals surface area contributed by atoms with Crippen LogP contribution in [-0.4, -0.2) is 25.0 Å². The summed E-state index contributed by atoms with van der Waals surface area (Å²) in [6, 6.07) is 8.99. The third-order valence-corrected chi connectivity index (χ3v) is 6.36. The van der Waals surface area contributed by atoms with Gasteiger partial charge in [-0.05, 0) is 61.3 Å². The van der Waals surface area contributed by atoms with E-state index in [1.165, 1.54) is 12.1 Å². The number of benzene rings is 1. The molecule has 0 saturated carbocycles. The Kier molecular flexibility index (Phi) is 5.93. The van der Waals surface area contributed by atoms with Crippen LogP contribution in [0.15, 0.2) is 54.3 Å². The molecule has 0 radical (unpaired) electrons. The molecule has 0 amide bonds. The van der Waals surface area contributed by atoms with E-state index in [4.69, 9.17) is 15.4 Å². The summed E-state index contributed by atoms with van der Waals surface area (Å²) in [5.41, 5.74) is 3.99. The quantitative estimate of drug-likeness (QED) is 0.701. The number of halogens is 1. The van der Waals surface area contributed by atoms with E-state index in [0.29, 0.717) is 11.8 Å². The van der Waals surface area contributed by atoms with Gasteiger partial charge in [0.25, 0.3) is 0 Å². The van der Waals surface area contributed by atoms with Gasteiger partial charge in [-0.3, -0.25) is 0 Å². The van der Waals surface area contributed by atoms with Gasteiger partial charge in [-0.2, -0.15) is 5.26 Å². The molecule has 1 fully saturated rings. The van der Waals surface area contributed by atoms with Crippen molar-refractivity contribution in [3.05, 3.63) is 75.4 Å². The fourth-order valence-electron chi connectivity index (χ4n) is 3.61. The SMILES string of the molecule is Cc1cc(-c2ccc(C#N)c(F)c2)c(C2=C/C(=C/NC3CCOCC3)C(=N)C=C2)s1. The molecule has 2 aliphatic rings. The molecule has 2 N–H and O–H groups in total. The number of nitrogens with one attached hydrogen (secondary N) is 2. The molecule has 2 heterocycles. The molecule has 152 valence electrons. The van der Waals surface area contributed by atoms with Crippen LogP contribution in [0.1, 0.15) is 28.2 Å². The maximum absolute atomic E-state index is 14.2. The number of thiophene rings is 1. The number of nitrogens with zero attached hydrogens (tertiary/aromatic N) is 1. The Balaban J connectivity index is 1.66. The molecule has 0 bridgehead atoms. The Morgan fingerprint density at radius 1 is 1.27 bits per heavy atom. The van der Waals surface area contributed by atoms with Crippen molar-refractivity contribution >= 4 is 22.6 Å². The van der Waals surface area contributed by atoms with Crippen molar-refractivity contribution in [1.29, 1.82) is 10.7 Å². The van der Waals surface area contributed by atoms with Crippen LogP contribution in [0.5, 0.6) is 0 Å². The van der Waals surface area contributed by atoms with Gasteiger partial charge in [0, 0.05) is 46.3 Å². The van der Waals surface area contributed by atoms with Crippen LogP contribution in [0.4, 0.5) is 4.39 Å². The Bertz CT molecular complexity index is 1110. The number of rotatable bonds is 4. The lowest BCUT2D eigenvalue weighted by molar-refractivity contribution is 0.0812. The minimum atomic E-state index is -0.513. The molecule has 1 saturated heterocycles. The zero-order valence-electron chi connectivity index (χ0n) is 16.7. The van der Waals surface area contributed by atoms with Crippen molar-refractivity contribution < 1.29 is 9.13 Å². The number of nitriles is 1. The lowest BCUT2D eigenvalue weighted by atomic mass is 9.95. The predicted octanol–water partition coefficient (Wildman–Crippen LogP) is 5.36. The zero-order chi connectivity index (χ0) is 21.1. The van der Waals surface area contributed by atoms with Crippen molar-refractivity contribution in [2.45, 2.75) is 25.8 Å². The molecule has 4 nitrogen and oxygen atoms in total. The average Bonchev–Trinajstić information content (AvgIpc) is 3.15. The van der Waals surface area contributed by atoms with Gasteiger partial charge in [-0.1, -0.05) is 12.1 Å². The van der Waals surface area contributed by atoms with Crippen LogP contribution >= 0.6 is 11.3 Å². The van der Waals surface area contributed by atoms with Crippen molar-refractivity contribution in [1.82, 2.24) is 5.32 Å². The predicted molar refractivity (Wildman–Crippen MR) is 119 cm³/mol. The summed E-state index contributed by atoms with van der Waals surface area (Å²) in [6.07, 6.45) is 9.57. The van der Waals surface area contributed by atoms with Gasteiger partial charge < -0.3 is 15.5 Å². The van der Waals surface area contributed by atoms with Gasteiger partial charge >= 0.3 is 0 Å². The number of allylic oxidation sites excluding steroid dienone is 5. The van der Waals surface area contributed by atoms with Crippen LogP contribution in [0.2, 0.25) is 0 Å². The second kappa shape index (κ2) is 8.78. The van der Waals surface area contributed by atoms with E-state index in [-0.39, 0.29) is 5.56 Å². The van der Waals surface area contributed by atoms with Gasteiger partial charge in [0.05, 0.1) is 11.3 Å². The molecule has 30 heavy (non-hydrogen) atoms. The molecule has 6 heteroatoms. The highest BCUT2D eigenvalue weighted by molar-refractivity contribution is 7.13. The monoisotopic (exact) mass is 419 g/mol. The van der Waals surface area contributed by atoms with E-state index in [1.54, 1.807) is 23.5 Å². The summed E-state index contributed by atoms with van der Waals surface area (Å²) in [5, 5.41) is 20.7. The van der Waals surface area contributed by atoms with Gasteiger partial charge in [-0.25, -0.2) is 4.39 Å². The fraction of sp³-hybridized carbons (Fsp3) is 0.250. The number of hydrogen-bond donors (Lipinski definition) is 2. The molecular formula is C24H22FN3OS. The fourth-order valence-corrected chi connectivity index (χ4v) is 4.64. The largest absolute Gasteiger partial charge is 0.387 e. The third kappa shape index (κ3) is 4.28. The van der Waals surface area contributed by atoms with E-state index < -0.39 is 5.82 Å². The standard InChI is InChI=1S/C24H22FN3OS/c1-15-10-21(16-2-3-18(13-26)22(25)12-16)24(30-15)17-4-5-23(27)19(11-17)14-28-20-6-8-29-9-7-20/h2-5,10-12,14,20,27-28H,6-9H2,1H3/b19-14-,27-23?. The van der Waals surface area contributed by atoms with Gasteiger partial charge in [-0.15, -0.1) is 11.3 Å². The Morgan fingerprint density at radius 2 is 2.07 bits per heavy atom. The molecule has 1 aromatic carbocycles. The Hall–Kier alpha value is -3.01. The minimum absolute atomic E-state index is 0.0434. The van der Waals surface area contributed by atoms with E-state index in [2.05, 4.69) is 5.32 Å². The second-order valence-corrected chi connectivity index (χ2v) is 8.66. The minimum Gasteiger partial charge on any atom is -0.387 e. The lowest BCUT2D eigenvalue weighted by Crippen LogP contribution is -2.31. The van der Waals surface area contributed by atoms with Crippen molar-refractivity contribution in [2.75, 3.05) is 13.2 Å². The molecule has 0 atom stereocenters. The molecule has 1 aromatic heterocycles. The van der Waals surface area contributed by atoms with Crippen LogP contribution in [0.3, 0.4) is 0 Å². The maximum atomic E-state index is 14.2. The smallest absolute Gasteiger partial charge is 0.141 e. The number of aryl methyl sites for hydroxylation is 1. The van der Waals surface area contributed by atoms with Crippen LogP contribution in [0, 0.1) is 29.5 Å². The van der Waals surface area contributed by atoms with Gasteiger partial charge in [0.15, 0.2) is 0 Å². The van der Waals surface area contributed by atoms with Gasteiger partial charge in [0.1, 0.15) is 11.9 Å². The first kappa shape index (κ1) is 20.3. The van der Waals surface area contributed by atoms with Crippen LogP contribution in [-0.2, 0) is 4.74 Å². The van der Waals surface area contributed by atoms with Crippen molar-refractivity contribution in [3.63, 3.8) is 0 Å². The summed E-state index contributed by atoms with van der Waals surface area (Å²) in [6.45, 7) is 3.55. The molecule has 0 spiro atoms. The first-order valence-corrected chi connectivity index (χ1v) is 10.7. The molecule has 1 aliphatic heterocycles. The Morgan fingerprint density at radius 3 is 2.80 bits per heavy atom. The summed E-state index contributed by atoms with van der Waals surface area (Å²) >= 11 is 1.64. The molecular weight excluding hydrogens is 397 g/mol. The second-order valence-electron chi connectivity index (χ2n) is 7.41. The molecule has 4 rings (SSSR count). The highest BCUT2D eigenvalue weighted by Gasteiger charge is 2.18. The molecule has 1 aliphatic carbocycles. The average molecular weight is 420 g/mol. The number of ether oxygens (including phenoxy) is 1. The third-order valence-electron chi connectivity index (χ3n) is 5.27. The highest BCUT2D eigenvalue weighted by Crippen LogP contribution is 2.38. The summed E-state index contributed by atoms with van der Waals surface area (Å²) in [4.78, 5) is 2.14. The summed E-state index contributed by atoms with van der Waals surface area (Å²) < 4.78 is 19.6. The highest BCUT2D eigenvalue weighted by atomic mass is 32.1. The van der Waals surface area contributed by atoms with Gasteiger partial charge in [0.2, 0.25) is 0 Å². The van der Waals surface area contributed by atoms with Crippen LogP contribution in [0.25, 0.3) is 16.7 Å². The van der Waals surface area contributed by atoms with E-state index in [1.807, 2.05) is 37.4 Å². The van der Waals surface area contributed by atoms with E-state index >= 15 is 0 Å².